The standard InChI is InChI=1S/C14H15Cl2N3O/c1-3-9(2)19-14(20)10(7-17)8-18-11-4-5-12(15)13(16)6-11/h4-6,8-9,18H,3H2,1-2H3,(H,19,20)/b10-8-. The molecule has 2 N–H and O–H groups in total. The number of amides is 1. The molecule has 0 aromatic heterocycles. The molecule has 1 aromatic rings. The quantitative estimate of drug-likeness (QED) is 0.643. The second kappa shape index (κ2) is 7.78. The topological polar surface area (TPSA) is 64.9 Å². The number of nitrogens with zero attached hydrogens (tertiary/aromatic N) is 1. The number of rotatable bonds is 5. The highest BCUT2D eigenvalue weighted by molar-refractivity contribution is 6.42. The Morgan fingerprint density at radius 2 is 2.15 bits per heavy atom. The molecule has 106 valence electrons. The average molecular weight is 312 g/mol. The van der Waals surface area contributed by atoms with Gasteiger partial charge in [0.05, 0.1) is 10.0 Å². The van der Waals surface area contributed by atoms with Gasteiger partial charge in [-0.25, -0.2) is 0 Å². The fourth-order valence-electron chi connectivity index (χ4n) is 1.29. The lowest BCUT2D eigenvalue weighted by atomic mass is 10.2. The molecule has 1 amide bonds. The highest BCUT2D eigenvalue weighted by Gasteiger charge is 2.11. The summed E-state index contributed by atoms with van der Waals surface area (Å²) >= 11 is 11.7. The summed E-state index contributed by atoms with van der Waals surface area (Å²) in [5.74, 6) is -0.408. The molecule has 0 aliphatic heterocycles. The molecule has 0 saturated heterocycles. The van der Waals surface area contributed by atoms with E-state index in [0.29, 0.717) is 15.7 Å². The smallest absolute Gasteiger partial charge is 0.263 e. The van der Waals surface area contributed by atoms with E-state index in [-0.39, 0.29) is 11.6 Å². The van der Waals surface area contributed by atoms with Gasteiger partial charge in [0.2, 0.25) is 0 Å². The summed E-state index contributed by atoms with van der Waals surface area (Å²) in [5, 5.41) is 15.4. The van der Waals surface area contributed by atoms with Crippen LogP contribution in [0.25, 0.3) is 0 Å². The molecule has 1 atom stereocenters. The van der Waals surface area contributed by atoms with Gasteiger partial charge in [0.25, 0.3) is 5.91 Å². The Kier molecular flexibility index (Phi) is 6.37. The van der Waals surface area contributed by atoms with E-state index >= 15 is 0 Å². The molecule has 6 heteroatoms. The highest BCUT2D eigenvalue weighted by Crippen LogP contribution is 2.25. The number of carbonyl (C=O) groups is 1. The number of hydrogen-bond acceptors (Lipinski definition) is 3. The van der Waals surface area contributed by atoms with Gasteiger partial charge in [-0.15, -0.1) is 0 Å². The predicted octanol–water partition coefficient (Wildman–Crippen LogP) is 3.73. The Morgan fingerprint density at radius 1 is 1.45 bits per heavy atom. The average Bonchev–Trinajstić information content (AvgIpc) is 2.43. The van der Waals surface area contributed by atoms with Crippen LogP contribution in [-0.4, -0.2) is 11.9 Å². The maximum atomic E-state index is 11.8. The van der Waals surface area contributed by atoms with Crippen LogP contribution in [0.4, 0.5) is 5.69 Å². The number of nitriles is 1. The van der Waals surface area contributed by atoms with E-state index in [9.17, 15) is 4.79 Å². The van der Waals surface area contributed by atoms with Crippen LogP contribution < -0.4 is 10.6 Å². The highest BCUT2D eigenvalue weighted by atomic mass is 35.5. The third-order valence-corrected chi connectivity index (χ3v) is 3.40. The summed E-state index contributed by atoms with van der Waals surface area (Å²) in [7, 11) is 0. The van der Waals surface area contributed by atoms with Crippen LogP contribution in [0.15, 0.2) is 30.0 Å². The number of halogens is 2. The molecule has 0 fully saturated rings. The van der Waals surface area contributed by atoms with Gasteiger partial charge < -0.3 is 10.6 Å². The second-order valence-electron chi connectivity index (χ2n) is 4.23. The van der Waals surface area contributed by atoms with E-state index < -0.39 is 5.91 Å². The molecule has 0 aliphatic rings. The monoisotopic (exact) mass is 311 g/mol. The minimum absolute atomic E-state index is 0.00336. The first-order valence-corrected chi connectivity index (χ1v) is 6.86. The molecule has 4 nitrogen and oxygen atoms in total. The van der Waals surface area contributed by atoms with Gasteiger partial charge in [-0.2, -0.15) is 5.26 Å². The van der Waals surface area contributed by atoms with E-state index in [1.165, 1.54) is 6.20 Å². The molecular weight excluding hydrogens is 297 g/mol. The van der Waals surface area contributed by atoms with Crippen molar-refractivity contribution in [2.75, 3.05) is 5.32 Å². The van der Waals surface area contributed by atoms with Gasteiger partial charge in [0.1, 0.15) is 11.6 Å². The van der Waals surface area contributed by atoms with Crippen molar-refractivity contribution in [3.05, 3.63) is 40.0 Å². The summed E-state index contributed by atoms with van der Waals surface area (Å²) in [5.41, 5.74) is 0.639. The Balaban J connectivity index is 2.77. The summed E-state index contributed by atoms with van der Waals surface area (Å²) in [6, 6.07) is 6.82. The minimum atomic E-state index is -0.408. The zero-order valence-corrected chi connectivity index (χ0v) is 12.7. The number of hydrogen-bond donors (Lipinski definition) is 2. The van der Waals surface area contributed by atoms with Crippen LogP contribution in [0, 0.1) is 11.3 Å². The Morgan fingerprint density at radius 3 is 2.70 bits per heavy atom. The van der Waals surface area contributed by atoms with Crippen molar-refractivity contribution < 1.29 is 4.79 Å². The minimum Gasteiger partial charge on any atom is -0.360 e. The first kappa shape index (κ1) is 16.4. The van der Waals surface area contributed by atoms with Crippen molar-refractivity contribution in [3.8, 4) is 6.07 Å². The lowest BCUT2D eigenvalue weighted by Gasteiger charge is -2.10. The SMILES string of the molecule is CCC(C)NC(=O)/C(C#N)=C\Nc1ccc(Cl)c(Cl)c1. The molecular formula is C14H15Cl2N3O. The Hall–Kier alpha value is -1.70. The number of anilines is 1. The van der Waals surface area contributed by atoms with Crippen LogP contribution in [0.5, 0.6) is 0 Å². The van der Waals surface area contributed by atoms with Gasteiger partial charge in [-0.3, -0.25) is 4.79 Å². The summed E-state index contributed by atoms with van der Waals surface area (Å²) < 4.78 is 0. The van der Waals surface area contributed by atoms with Gasteiger partial charge in [0.15, 0.2) is 0 Å². The normalized spacial score (nSPS) is 12.4. The summed E-state index contributed by atoms with van der Waals surface area (Å²) in [4.78, 5) is 11.8. The fourth-order valence-corrected chi connectivity index (χ4v) is 1.59. The second-order valence-corrected chi connectivity index (χ2v) is 5.04. The third kappa shape index (κ3) is 4.76. The molecule has 1 aromatic carbocycles. The van der Waals surface area contributed by atoms with Crippen molar-refractivity contribution >= 4 is 34.8 Å². The van der Waals surface area contributed by atoms with Crippen molar-refractivity contribution in [3.63, 3.8) is 0 Å². The van der Waals surface area contributed by atoms with E-state index in [1.54, 1.807) is 18.2 Å². The van der Waals surface area contributed by atoms with Crippen LogP contribution in [0.2, 0.25) is 10.0 Å². The van der Waals surface area contributed by atoms with Crippen LogP contribution in [0.3, 0.4) is 0 Å². The maximum Gasteiger partial charge on any atom is 0.263 e. The molecule has 0 bridgehead atoms. The van der Waals surface area contributed by atoms with Crippen molar-refractivity contribution in [2.45, 2.75) is 26.3 Å². The number of carbonyl (C=O) groups excluding carboxylic acids is 1. The third-order valence-electron chi connectivity index (χ3n) is 2.66. The number of nitrogens with one attached hydrogen (secondary N) is 2. The summed E-state index contributed by atoms with van der Waals surface area (Å²) in [6.07, 6.45) is 2.14. The van der Waals surface area contributed by atoms with Crippen LogP contribution in [-0.2, 0) is 4.79 Å². The Bertz CT molecular complexity index is 564. The molecule has 0 heterocycles. The van der Waals surface area contributed by atoms with Crippen LogP contribution in [0.1, 0.15) is 20.3 Å². The molecule has 1 unspecified atom stereocenters. The summed E-state index contributed by atoms with van der Waals surface area (Å²) in [6.45, 7) is 3.83. The van der Waals surface area contributed by atoms with Crippen molar-refractivity contribution in [2.24, 2.45) is 0 Å². The molecule has 0 spiro atoms. The first-order valence-electron chi connectivity index (χ1n) is 6.10. The van der Waals surface area contributed by atoms with E-state index in [2.05, 4.69) is 10.6 Å². The fraction of sp³-hybridized carbons (Fsp3) is 0.286. The number of benzene rings is 1. The zero-order chi connectivity index (χ0) is 15.1. The molecule has 0 aliphatic carbocycles. The lowest BCUT2D eigenvalue weighted by Crippen LogP contribution is -2.33. The van der Waals surface area contributed by atoms with E-state index in [0.717, 1.165) is 6.42 Å². The van der Waals surface area contributed by atoms with Crippen molar-refractivity contribution in [1.82, 2.24) is 5.32 Å². The largest absolute Gasteiger partial charge is 0.360 e. The van der Waals surface area contributed by atoms with E-state index in [1.807, 2.05) is 19.9 Å². The maximum absolute atomic E-state index is 11.8. The lowest BCUT2D eigenvalue weighted by molar-refractivity contribution is -0.117. The van der Waals surface area contributed by atoms with Gasteiger partial charge in [-0.1, -0.05) is 30.1 Å². The van der Waals surface area contributed by atoms with E-state index in [4.69, 9.17) is 28.5 Å². The molecule has 20 heavy (non-hydrogen) atoms. The van der Waals surface area contributed by atoms with Gasteiger partial charge in [0, 0.05) is 17.9 Å². The van der Waals surface area contributed by atoms with Crippen LogP contribution >= 0.6 is 23.2 Å². The van der Waals surface area contributed by atoms with Gasteiger partial charge >= 0.3 is 0 Å². The van der Waals surface area contributed by atoms with Gasteiger partial charge in [-0.05, 0) is 31.5 Å². The Labute approximate surface area is 128 Å². The zero-order valence-electron chi connectivity index (χ0n) is 11.2. The predicted molar refractivity (Wildman–Crippen MR) is 81.7 cm³/mol. The van der Waals surface area contributed by atoms with Crippen molar-refractivity contribution in [1.29, 1.82) is 5.26 Å². The molecule has 0 radical (unpaired) electrons. The molecule has 1 rings (SSSR count). The first-order chi connectivity index (χ1) is 9.47. The molecule has 0 saturated carbocycles.